The summed E-state index contributed by atoms with van der Waals surface area (Å²) in [5.74, 6) is -1.64. The summed E-state index contributed by atoms with van der Waals surface area (Å²) in [7, 11) is 0. The van der Waals surface area contributed by atoms with Crippen LogP contribution in [0.5, 0.6) is 0 Å². The van der Waals surface area contributed by atoms with Crippen LogP contribution in [-0.4, -0.2) is 39.9 Å². The minimum Gasteiger partial charge on any atom is -0.380 e. The molecular weight excluding hydrogens is 482 g/mol. The van der Waals surface area contributed by atoms with Gasteiger partial charge in [0.2, 0.25) is 5.91 Å². The predicted octanol–water partition coefficient (Wildman–Crippen LogP) is 4.07. The number of pyridine rings is 1. The highest BCUT2D eigenvalue weighted by atomic mass is 19.4. The summed E-state index contributed by atoms with van der Waals surface area (Å²) in [6.07, 6.45) is 0.950. The van der Waals surface area contributed by atoms with E-state index >= 15 is 0 Å². The Hall–Kier alpha value is -3.93. The molecule has 0 bridgehead atoms. The van der Waals surface area contributed by atoms with E-state index in [0.717, 1.165) is 12.1 Å². The van der Waals surface area contributed by atoms with Crippen LogP contribution in [0.15, 0.2) is 55.2 Å². The van der Waals surface area contributed by atoms with Gasteiger partial charge in [0.1, 0.15) is 12.1 Å². The number of Topliss-reactive ketones (excluding diaryl/α,β-unsaturated/α-hetero) is 1. The summed E-state index contributed by atoms with van der Waals surface area (Å²) in [5.41, 5.74) is -1.50. The number of ketones is 1. The Bertz CT molecular complexity index is 1230. The molecule has 0 unspecified atom stereocenters. The molecule has 3 heterocycles. The van der Waals surface area contributed by atoms with Gasteiger partial charge in [-0.1, -0.05) is 0 Å². The van der Waals surface area contributed by atoms with Gasteiger partial charge in [-0.2, -0.15) is 13.2 Å². The van der Waals surface area contributed by atoms with Crippen LogP contribution in [0, 0.1) is 11.2 Å². The summed E-state index contributed by atoms with van der Waals surface area (Å²) in [4.78, 5) is 37.5. The highest BCUT2D eigenvalue weighted by molar-refractivity contribution is 5.99. The van der Waals surface area contributed by atoms with Crippen LogP contribution in [0.3, 0.4) is 0 Å². The van der Waals surface area contributed by atoms with E-state index in [1.165, 1.54) is 37.1 Å². The molecule has 0 aliphatic carbocycles. The van der Waals surface area contributed by atoms with Gasteiger partial charge in [-0.15, -0.1) is 0 Å². The van der Waals surface area contributed by atoms with Crippen molar-refractivity contribution in [2.45, 2.75) is 25.6 Å². The van der Waals surface area contributed by atoms with Crippen LogP contribution in [0.25, 0.3) is 0 Å². The van der Waals surface area contributed by atoms with Gasteiger partial charge in [0, 0.05) is 25.4 Å². The van der Waals surface area contributed by atoms with E-state index in [9.17, 15) is 27.2 Å². The number of carbonyl (C=O) groups excluding carboxylic acids is 2. The van der Waals surface area contributed by atoms with Gasteiger partial charge in [-0.05, 0) is 36.8 Å². The number of nitrogens with one attached hydrogen (secondary N) is 2. The van der Waals surface area contributed by atoms with Crippen molar-refractivity contribution < 1.29 is 31.9 Å². The third kappa shape index (κ3) is 5.82. The van der Waals surface area contributed by atoms with Gasteiger partial charge in [0.25, 0.3) is 0 Å². The lowest BCUT2D eigenvalue weighted by Crippen LogP contribution is -2.42. The van der Waals surface area contributed by atoms with Gasteiger partial charge in [-0.3, -0.25) is 14.6 Å². The summed E-state index contributed by atoms with van der Waals surface area (Å²) in [6.45, 7) is 0.468. The molecule has 1 aromatic carbocycles. The number of amides is 1. The first-order valence-corrected chi connectivity index (χ1v) is 10.9. The predicted molar refractivity (Wildman–Crippen MR) is 120 cm³/mol. The number of anilines is 2. The summed E-state index contributed by atoms with van der Waals surface area (Å²) in [5, 5.41) is 5.35. The molecule has 1 atom stereocenters. The Morgan fingerprint density at radius 1 is 1.08 bits per heavy atom. The van der Waals surface area contributed by atoms with Crippen LogP contribution in [0.4, 0.5) is 28.9 Å². The number of rotatable bonds is 8. The highest BCUT2D eigenvalue weighted by Crippen LogP contribution is 2.37. The van der Waals surface area contributed by atoms with E-state index in [0.29, 0.717) is 30.4 Å². The van der Waals surface area contributed by atoms with Gasteiger partial charge in [0.15, 0.2) is 5.78 Å². The molecule has 1 saturated heterocycles. The fraction of sp³-hybridized carbons (Fsp3) is 0.292. The molecule has 0 saturated carbocycles. The average Bonchev–Trinajstić information content (AvgIpc) is 3.34. The summed E-state index contributed by atoms with van der Waals surface area (Å²) in [6, 6.07) is 5.36. The van der Waals surface area contributed by atoms with Crippen LogP contribution in [-0.2, 0) is 22.3 Å². The molecule has 1 aliphatic rings. The van der Waals surface area contributed by atoms with E-state index in [-0.39, 0.29) is 42.6 Å². The number of benzene rings is 1. The van der Waals surface area contributed by atoms with Crippen molar-refractivity contribution in [3.8, 4) is 0 Å². The maximum Gasteiger partial charge on any atom is 0.418 e. The van der Waals surface area contributed by atoms with E-state index in [1.807, 2.05) is 0 Å². The maximum atomic E-state index is 13.3. The number of nitrogens with zero attached hydrogens (tertiary/aromatic N) is 3. The molecule has 1 aliphatic heterocycles. The molecule has 12 heteroatoms. The van der Waals surface area contributed by atoms with Crippen molar-refractivity contribution in [1.29, 1.82) is 0 Å². The van der Waals surface area contributed by atoms with Crippen LogP contribution in [0.1, 0.15) is 34.5 Å². The topological polar surface area (TPSA) is 106 Å². The van der Waals surface area contributed by atoms with E-state index in [1.54, 1.807) is 0 Å². The zero-order valence-corrected chi connectivity index (χ0v) is 18.8. The molecule has 0 radical (unpaired) electrons. The zero-order chi connectivity index (χ0) is 25.8. The molecular formula is C24H21F4N5O3. The Morgan fingerprint density at radius 2 is 1.86 bits per heavy atom. The number of halogens is 4. The molecule has 4 rings (SSSR count). The number of aromatic nitrogens is 3. The van der Waals surface area contributed by atoms with Crippen molar-refractivity contribution in [2.75, 3.05) is 18.5 Å². The Balaban J connectivity index is 1.39. The maximum absolute atomic E-state index is 13.3. The third-order valence-electron chi connectivity index (χ3n) is 5.79. The summed E-state index contributed by atoms with van der Waals surface area (Å²) >= 11 is 0. The number of hydrogen-bond donors (Lipinski definition) is 2. The van der Waals surface area contributed by atoms with E-state index in [4.69, 9.17) is 4.74 Å². The minimum absolute atomic E-state index is 0.0356. The lowest BCUT2D eigenvalue weighted by molar-refractivity contribution is -0.137. The van der Waals surface area contributed by atoms with Crippen molar-refractivity contribution in [1.82, 2.24) is 20.3 Å². The fourth-order valence-electron chi connectivity index (χ4n) is 3.84. The monoisotopic (exact) mass is 503 g/mol. The first kappa shape index (κ1) is 25.2. The SMILES string of the molecule is O=C(C[C@@]1(C(=O)NCc2ccc(Nc3ccc(F)cc3C(F)(F)F)cn2)CCOC1)c1cncnc1. The third-order valence-corrected chi connectivity index (χ3v) is 5.79. The lowest BCUT2D eigenvalue weighted by Gasteiger charge is -2.25. The number of carbonyl (C=O) groups is 2. The largest absolute Gasteiger partial charge is 0.418 e. The van der Waals surface area contributed by atoms with E-state index in [2.05, 4.69) is 25.6 Å². The second-order valence-corrected chi connectivity index (χ2v) is 8.34. The lowest BCUT2D eigenvalue weighted by atomic mass is 9.80. The molecule has 1 amide bonds. The van der Waals surface area contributed by atoms with Crippen LogP contribution < -0.4 is 10.6 Å². The van der Waals surface area contributed by atoms with Gasteiger partial charge < -0.3 is 15.4 Å². The van der Waals surface area contributed by atoms with Crippen molar-refractivity contribution >= 4 is 23.1 Å². The quantitative estimate of drug-likeness (QED) is 0.353. The average molecular weight is 503 g/mol. The smallest absolute Gasteiger partial charge is 0.380 e. The molecule has 188 valence electrons. The summed E-state index contributed by atoms with van der Waals surface area (Å²) < 4.78 is 58.3. The number of hydrogen-bond acceptors (Lipinski definition) is 7. The van der Waals surface area contributed by atoms with Crippen molar-refractivity contribution in [2.24, 2.45) is 5.41 Å². The Kier molecular flexibility index (Phi) is 7.25. The molecule has 1 fully saturated rings. The van der Waals surface area contributed by atoms with Crippen molar-refractivity contribution in [3.05, 3.63) is 77.9 Å². The molecule has 3 aromatic rings. The number of ether oxygens (including phenoxy) is 1. The van der Waals surface area contributed by atoms with Crippen LogP contribution >= 0.6 is 0 Å². The molecule has 8 nitrogen and oxygen atoms in total. The second-order valence-electron chi connectivity index (χ2n) is 8.34. The van der Waals surface area contributed by atoms with Gasteiger partial charge >= 0.3 is 6.18 Å². The molecule has 2 aromatic heterocycles. The molecule has 0 spiro atoms. The molecule has 36 heavy (non-hydrogen) atoms. The number of alkyl halides is 3. The van der Waals surface area contributed by atoms with Crippen molar-refractivity contribution in [3.63, 3.8) is 0 Å². The second kappa shape index (κ2) is 10.4. The Labute approximate surface area is 203 Å². The minimum atomic E-state index is -4.74. The molecule has 2 N–H and O–H groups in total. The van der Waals surface area contributed by atoms with Crippen LogP contribution in [0.2, 0.25) is 0 Å². The first-order chi connectivity index (χ1) is 17.2. The normalized spacial score (nSPS) is 17.6. The Morgan fingerprint density at radius 3 is 2.50 bits per heavy atom. The standard InChI is InChI=1S/C24H21F4N5O3/c25-16-1-4-20(19(7-16)24(26,27)28)33-18-3-2-17(31-12-18)11-32-22(35)23(5-6-36-13-23)8-21(34)15-9-29-14-30-10-15/h1-4,7,9-10,12,14,33H,5-6,8,11,13H2,(H,32,35)/t23-/m0/s1. The first-order valence-electron chi connectivity index (χ1n) is 10.9. The van der Waals surface area contributed by atoms with E-state index < -0.39 is 23.0 Å². The van der Waals surface area contributed by atoms with Gasteiger partial charge in [0.05, 0.1) is 53.0 Å². The van der Waals surface area contributed by atoms with Gasteiger partial charge in [-0.25, -0.2) is 14.4 Å². The zero-order valence-electron chi connectivity index (χ0n) is 18.8. The fourth-order valence-corrected chi connectivity index (χ4v) is 3.84. The highest BCUT2D eigenvalue weighted by Gasteiger charge is 2.44.